The summed E-state index contributed by atoms with van der Waals surface area (Å²) in [6, 6.07) is 15.5. The average Bonchev–Trinajstić information content (AvgIpc) is 2.64. The minimum atomic E-state index is -0.0870. The second-order valence-electron chi connectivity index (χ2n) is 5.99. The number of benzene rings is 1. The fraction of sp³-hybridized carbons (Fsp3) is 0.368. The quantitative estimate of drug-likeness (QED) is 0.918. The molecule has 24 heavy (non-hydrogen) atoms. The standard InChI is InChI=1S/C19H24N4O/c1-2-17(19(24)21-16-8-4-3-5-9-16)22-12-14-23(15-13-22)18-10-6-7-11-20-18/h3-11,17H,2,12-15H2,1H3,(H,21,24). The molecule has 1 aromatic heterocycles. The van der Waals surface area contributed by atoms with Crippen molar-refractivity contribution in [3.8, 4) is 0 Å². The molecule has 126 valence electrons. The van der Waals surface area contributed by atoms with Crippen molar-refractivity contribution >= 4 is 17.4 Å². The van der Waals surface area contributed by atoms with E-state index in [1.807, 2.05) is 54.7 Å². The van der Waals surface area contributed by atoms with Crippen LogP contribution in [0.4, 0.5) is 11.5 Å². The van der Waals surface area contributed by atoms with Crippen LogP contribution in [0.3, 0.4) is 0 Å². The van der Waals surface area contributed by atoms with Crippen LogP contribution in [0.1, 0.15) is 13.3 Å². The summed E-state index contributed by atoms with van der Waals surface area (Å²) < 4.78 is 0. The summed E-state index contributed by atoms with van der Waals surface area (Å²) in [5, 5.41) is 3.03. The zero-order valence-corrected chi connectivity index (χ0v) is 14.1. The number of para-hydroxylation sites is 1. The van der Waals surface area contributed by atoms with Crippen LogP contribution < -0.4 is 10.2 Å². The molecule has 0 spiro atoms. The molecule has 1 N–H and O–H groups in total. The van der Waals surface area contributed by atoms with Gasteiger partial charge in [-0.3, -0.25) is 9.69 Å². The van der Waals surface area contributed by atoms with Gasteiger partial charge >= 0.3 is 0 Å². The van der Waals surface area contributed by atoms with Gasteiger partial charge in [-0.15, -0.1) is 0 Å². The lowest BCUT2D eigenvalue weighted by molar-refractivity contribution is -0.121. The van der Waals surface area contributed by atoms with Gasteiger partial charge in [-0.25, -0.2) is 4.98 Å². The molecule has 1 atom stereocenters. The lowest BCUT2D eigenvalue weighted by Gasteiger charge is -2.38. The summed E-state index contributed by atoms with van der Waals surface area (Å²) in [6.07, 6.45) is 2.63. The van der Waals surface area contributed by atoms with Crippen molar-refractivity contribution in [2.24, 2.45) is 0 Å². The first-order valence-corrected chi connectivity index (χ1v) is 8.54. The van der Waals surface area contributed by atoms with Gasteiger partial charge in [0.15, 0.2) is 0 Å². The summed E-state index contributed by atoms with van der Waals surface area (Å²) in [5.41, 5.74) is 0.855. The Morgan fingerprint density at radius 2 is 1.79 bits per heavy atom. The molecule has 1 aromatic carbocycles. The van der Waals surface area contributed by atoms with Gasteiger partial charge in [0, 0.05) is 38.1 Å². The molecule has 1 unspecified atom stereocenters. The number of carbonyl (C=O) groups excluding carboxylic acids is 1. The first-order chi connectivity index (χ1) is 11.8. The van der Waals surface area contributed by atoms with E-state index in [0.717, 1.165) is 44.1 Å². The van der Waals surface area contributed by atoms with E-state index in [1.54, 1.807) is 0 Å². The molecule has 0 saturated carbocycles. The van der Waals surface area contributed by atoms with E-state index in [-0.39, 0.29) is 11.9 Å². The largest absolute Gasteiger partial charge is 0.354 e. The summed E-state index contributed by atoms with van der Waals surface area (Å²) in [7, 11) is 0. The average molecular weight is 324 g/mol. The number of nitrogens with one attached hydrogen (secondary N) is 1. The minimum absolute atomic E-state index is 0.0787. The van der Waals surface area contributed by atoms with Gasteiger partial charge in [0.2, 0.25) is 5.91 Å². The summed E-state index contributed by atoms with van der Waals surface area (Å²) in [6.45, 7) is 5.60. The Morgan fingerprint density at radius 1 is 1.08 bits per heavy atom. The monoisotopic (exact) mass is 324 g/mol. The van der Waals surface area contributed by atoms with Gasteiger partial charge in [0.1, 0.15) is 5.82 Å². The van der Waals surface area contributed by atoms with Crippen LogP contribution in [0.25, 0.3) is 0 Å². The number of carbonyl (C=O) groups is 1. The smallest absolute Gasteiger partial charge is 0.241 e. The SMILES string of the molecule is CCC(C(=O)Nc1ccccc1)N1CCN(c2ccccn2)CC1. The second kappa shape index (κ2) is 7.93. The van der Waals surface area contributed by atoms with E-state index in [1.165, 1.54) is 0 Å². The Hall–Kier alpha value is -2.40. The molecule has 0 bridgehead atoms. The predicted molar refractivity (Wildman–Crippen MR) is 97.2 cm³/mol. The topological polar surface area (TPSA) is 48.5 Å². The lowest BCUT2D eigenvalue weighted by atomic mass is 10.1. The Balaban J connectivity index is 1.58. The molecule has 2 heterocycles. The molecule has 1 saturated heterocycles. The molecule has 5 nitrogen and oxygen atoms in total. The fourth-order valence-corrected chi connectivity index (χ4v) is 3.16. The maximum absolute atomic E-state index is 12.6. The molecule has 3 rings (SSSR count). The third kappa shape index (κ3) is 3.92. The highest BCUT2D eigenvalue weighted by Gasteiger charge is 2.28. The van der Waals surface area contributed by atoms with Crippen LogP contribution in [0, 0.1) is 0 Å². The van der Waals surface area contributed by atoms with E-state index in [9.17, 15) is 4.79 Å². The van der Waals surface area contributed by atoms with Crippen molar-refractivity contribution in [1.82, 2.24) is 9.88 Å². The molecule has 1 amide bonds. The zero-order valence-electron chi connectivity index (χ0n) is 14.1. The fourth-order valence-electron chi connectivity index (χ4n) is 3.16. The number of aromatic nitrogens is 1. The number of anilines is 2. The molecular weight excluding hydrogens is 300 g/mol. The zero-order chi connectivity index (χ0) is 16.8. The molecule has 1 aliphatic rings. The van der Waals surface area contributed by atoms with Gasteiger partial charge in [0.05, 0.1) is 6.04 Å². The summed E-state index contributed by atoms with van der Waals surface area (Å²) >= 11 is 0. The summed E-state index contributed by atoms with van der Waals surface area (Å²) in [5.74, 6) is 1.09. The highest BCUT2D eigenvalue weighted by atomic mass is 16.2. The molecule has 0 radical (unpaired) electrons. The van der Waals surface area contributed by atoms with Gasteiger partial charge in [-0.05, 0) is 30.7 Å². The number of hydrogen-bond acceptors (Lipinski definition) is 4. The number of nitrogens with zero attached hydrogens (tertiary/aromatic N) is 3. The van der Waals surface area contributed by atoms with E-state index in [2.05, 4.69) is 27.0 Å². The summed E-state index contributed by atoms with van der Waals surface area (Å²) in [4.78, 5) is 21.6. The lowest BCUT2D eigenvalue weighted by Crippen LogP contribution is -2.53. The second-order valence-corrected chi connectivity index (χ2v) is 5.99. The van der Waals surface area contributed by atoms with Crippen molar-refractivity contribution in [2.75, 3.05) is 36.4 Å². The molecule has 1 aliphatic heterocycles. The first kappa shape index (κ1) is 16.5. The van der Waals surface area contributed by atoms with Gasteiger partial charge < -0.3 is 10.2 Å². The van der Waals surface area contributed by atoms with Crippen LogP contribution in [0.5, 0.6) is 0 Å². The van der Waals surface area contributed by atoms with Crippen molar-refractivity contribution in [3.05, 3.63) is 54.7 Å². The van der Waals surface area contributed by atoms with Gasteiger partial charge in [-0.1, -0.05) is 31.2 Å². The van der Waals surface area contributed by atoms with Crippen LogP contribution >= 0.6 is 0 Å². The van der Waals surface area contributed by atoms with Gasteiger partial charge in [0.25, 0.3) is 0 Å². The Morgan fingerprint density at radius 3 is 2.42 bits per heavy atom. The van der Waals surface area contributed by atoms with E-state index >= 15 is 0 Å². The molecule has 2 aromatic rings. The highest BCUT2D eigenvalue weighted by molar-refractivity contribution is 5.94. The maximum Gasteiger partial charge on any atom is 0.241 e. The van der Waals surface area contributed by atoms with E-state index in [0.29, 0.717) is 0 Å². The van der Waals surface area contributed by atoms with Crippen molar-refractivity contribution < 1.29 is 4.79 Å². The Kier molecular flexibility index (Phi) is 5.43. The number of hydrogen-bond donors (Lipinski definition) is 1. The van der Waals surface area contributed by atoms with Crippen LogP contribution in [0.2, 0.25) is 0 Å². The Bertz CT molecular complexity index is 639. The maximum atomic E-state index is 12.6. The van der Waals surface area contributed by atoms with Gasteiger partial charge in [-0.2, -0.15) is 0 Å². The third-order valence-electron chi connectivity index (χ3n) is 4.46. The third-order valence-corrected chi connectivity index (χ3v) is 4.46. The first-order valence-electron chi connectivity index (χ1n) is 8.54. The Labute approximate surface area is 143 Å². The number of rotatable bonds is 5. The minimum Gasteiger partial charge on any atom is -0.354 e. The molecular formula is C19H24N4O. The van der Waals surface area contributed by atoms with Crippen molar-refractivity contribution in [1.29, 1.82) is 0 Å². The van der Waals surface area contributed by atoms with Crippen molar-refractivity contribution in [3.63, 3.8) is 0 Å². The highest BCUT2D eigenvalue weighted by Crippen LogP contribution is 2.16. The molecule has 1 fully saturated rings. The van der Waals surface area contributed by atoms with E-state index < -0.39 is 0 Å². The van der Waals surface area contributed by atoms with Crippen LogP contribution in [-0.2, 0) is 4.79 Å². The molecule has 5 heteroatoms. The van der Waals surface area contributed by atoms with E-state index in [4.69, 9.17) is 0 Å². The number of piperazine rings is 1. The van der Waals surface area contributed by atoms with Crippen molar-refractivity contribution in [2.45, 2.75) is 19.4 Å². The predicted octanol–water partition coefficient (Wildman–Crippen LogP) is 2.62. The normalized spacial score (nSPS) is 16.6. The van der Waals surface area contributed by atoms with Crippen LogP contribution in [0.15, 0.2) is 54.7 Å². The number of pyridine rings is 1. The number of amides is 1. The molecule has 0 aliphatic carbocycles. The van der Waals surface area contributed by atoms with Crippen LogP contribution in [-0.4, -0.2) is 48.0 Å².